The van der Waals surface area contributed by atoms with Crippen molar-refractivity contribution < 1.29 is 17.8 Å². The first-order valence-corrected chi connectivity index (χ1v) is 9.56. The minimum Gasteiger partial charge on any atom is -0.329 e. The van der Waals surface area contributed by atoms with Crippen LogP contribution in [0, 0.1) is 11.6 Å². The van der Waals surface area contributed by atoms with Gasteiger partial charge in [0.25, 0.3) is 0 Å². The number of amides is 1. The van der Waals surface area contributed by atoms with Gasteiger partial charge in [-0.3, -0.25) is 4.79 Å². The molecule has 26 heavy (non-hydrogen) atoms. The number of hydrogen-bond donors (Lipinski definition) is 2. The zero-order valence-corrected chi connectivity index (χ0v) is 16.5. The van der Waals surface area contributed by atoms with Crippen LogP contribution in [0.3, 0.4) is 0 Å². The molecule has 1 fully saturated rings. The van der Waals surface area contributed by atoms with Crippen LogP contribution in [0.15, 0.2) is 53.0 Å². The molecule has 1 atom stereocenters. The number of carbonyl (C=O) groups is 1. The van der Waals surface area contributed by atoms with E-state index in [9.17, 15) is 17.8 Å². The topological polar surface area (TPSA) is 61.4 Å². The van der Waals surface area contributed by atoms with Gasteiger partial charge in [-0.15, -0.1) is 0 Å². The number of carbonyl (C=O) groups excluding carboxylic acids is 1. The number of nitrogens with one attached hydrogen (secondary N) is 2. The summed E-state index contributed by atoms with van der Waals surface area (Å²) in [6, 6.07) is 12.2. The Hall–Kier alpha value is -1.68. The molecule has 0 spiro atoms. The molecule has 1 heterocycles. The maximum atomic E-state index is 12.6. The molecule has 1 aliphatic rings. The zero-order chi connectivity index (χ0) is 19.4. The van der Waals surface area contributed by atoms with Crippen molar-refractivity contribution in [3.8, 4) is 0 Å². The minimum atomic E-state index is -0.902. The van der Waals surface area contributed by atoms with Crippen LogP contribution in [-0.4, -0.2) is 35.1 Å². The number of nitrogens with zero attached hydrogens (tertiary/aromatic N) is 1. The third-order valence-corrected chi connectivity index (χ3v) is 4.84. The Kier molecular flexibility index (Phi) is 10.9. The molecule has 9 heteroatoms. The third kappa shape index (κ3) is 9.14. The molecule has 1 aliphatic heterocycles. The second-order valence-electron chi connectivity index (χ2n) is 5.04. The minimum absolute atomic E-state index is 0.178. The van der Waals surface area contributed by atoms with Crippen LogP contribution in [0.5, 0.6) is 0 Å². The van der Waals surface area contributed by atoms with Crippen molar-refractivity contribution in [2.24, 2.45) is 0 Å². The number of halogens is 3. The van der Waals surface area contributed by atoms with Gasteiger partial charge in [0.15, 0.2) is 11.2 Å². The fraction of sp³-hybridized carbons (Fsp3) is 0.235. The molecule has 0 radical (unpaired) electrons. The van der Waals surface area contributed by atoms with E-state index < -0.39 is 11.2 Å². The average molecular weight is 448 g/mol. The van der Waals surface area contributed by atoms with E-state index in [1.807, 2.05) is 7.05 Å². The Morgan fingerprint density at radius 2 is 1.92 bits per heavy atom. The lowest BCUT2D eigenvalue weighted by Crippen LogP contribution is -2.39. The fourth-order valence-electron chi connectivity index (χ4n) is 1.72. The highest BCUT2D eigenvalue weighted by Crippen LogP contribution is 2.19. The lowest BCUT2D eigenvalue weighted by Gasteiger charge is -2.20. The molecular weight excluding hydrogens is 428 g/mol. The van der Waals surface area contributed by atoms with E-state index in [0.29, 0.717) is 16.6 Å². The summed E-state index contributed by atoms with van der Waals surface area (Å²) in [5.74, 6) is -0.524. The van der Waals surface area contributed by atoms with Crippen molar-refractivity contribution in [2.75, 3.05) is 25.5 Å². The molecule has 142 valence electrons. The molecule has 1 saturated heterocycles. The van der Waals surface area contributed by atoms with Crippen molar-refractivity contribution in [3.63, 3.8) is 0 Å². The smallest absolute Gasteiger partial charge is 0.211 e. The lowest BCUT2D eigenvalue weighted by molar-refractivity contribution is -0.105. The number of rotatable bonds is 2. The summed E-state index contributed by atoms with van der Waals surface area (Å²) in [6.45, 7) is 1.83. The molecule has 1 amide bonds. The van der Waals surface area contributed by atoms with Gasteiger partial charge in [-0.25, -0.2) is 22.0 Å². The molecule has 3 rings (SSSR count). The van der Waals surface area contributed by atoms with Crippen molar-refractivity contribution in [1.82, 2.24) is 9.03 Å². The first-order valence-electron chi connectivity index (χ1n) is 7.66. The number of hydrogen-bond acceptors (Lipinski definition) is 2. The Labute approximate surface area is 162 Å². The first-order chi connectivity index (χ1) is 12.4. The van der Waals surface area contributed by atoms with Crippen LogP contribution in [0.25, 0.3) is 0 Å². The van der Waals surface area contributed by atoms with Gasteiger partial charge in [0.2, 0.25) is 6.41 Å². The zero-order valence-electron chi connectivity index (χ0n) is 14.1. The van der Waals surface area contributed by atoms with Gasteiger partial charge >= 0.3 is 0 Å². The lowest BCUT2D eigenvalue weighted by atomic mass is 10.3. The van der Waals surface area contributed by atoms with Crippen LogP contribution in [0.4, 0.5) is 14.5 Å². The van der Waals surface area contributed by atoms with Gasteiger partial charge in [-0.2, -0.15) is 0 Å². The normalized spacial score (nSPS) is 16.4. The number of anilines is 1. The van der Waals surface area contributed by atoms with E-state index in [2.05, 4.69) is 26.0 Å². The fourth-order valence-corrected chi connectivity index (χ4v) is 2.94. The standard InChI is InChI=1S/C7H5BrFNO.C6H5F.C4H10N2OS/c8-6-3-5(10-4-11)1-2-7(6)9;7-6-4-2-1-3-5-6;1-6-4-2-3-5-8(6)7/h1-4H,(H,10,11);1-5H;5H,2-4H2,1H3. The van der Waals surface area contributed by atoms with Crippen LogP contribution < -0.4 is 10.0 Å². The monoisotopic (exact) mass is 447 g/mol. The molecule has 2 aromatic rings. The average Bonchev–Trinajstić information content (AvgIpc) is 2.63. The first kappa shape index (κ1) is 22.4. The summed E-state index contributed by atoms with van der Waals surface area (Å²) in [5.41, 5.74) is 0.563. The molecule has 2 N–H and O–H groups in total. The largest absolute Gasteiger partial charge is 0.329 e. The van der Waals surface area contributed by atoms with E-state index in [1.165, 1.54) is 30.3 Å². The Morgan fingerprint density at radius 3 is 2.35 bits per heavy atom. The van der Waals surface area contributed by atoms with Gasteiger partial charge in [0, 0.05) is 25.8 Å². The molecule has 5 nitrogen and oxygen atoms in total. The van der Waals surface area contributed by atoms with Crippen LogP contribution >= 0.6 is 15.9 Å². The van der Waals surface area contributed by atoms with Crippen molar-refractivity contribution >= 4 is 39.2 Å². The molecule has 0 aromatic heterocycles. The van der Waals surface area contributed by atoms with Crippen molar-refractivity contribution in [2.45, 2.75) is 6.42 Å². The maximum absolute atomic E-state index is 12.6. The van der Waals surface area contributed by atoms with E-state index >= 15 is 0 Å². The molecule has 1 unspecified atom stereocenters. The Bertz CT molecular complexity index is 708. The quantitative estimate of drug-likeness (QED) is 0.692. The predicted molar refractivity (Wildman–Crippen MR) is 104 cm³/mol. The molecule has 0 saturated carbocycles. The van der Waals surface area contributed by atoms with E-state index in [0.717, 1.165) is 19.5 Å². The summed E-state index contributed by atoms with van der Waals surface area (Å²) < 4.78 is 40.2. The van der Waals surface area contributed by atoms with Gasteiger partial charge in [0.1, 0.15) is 11.6 Å². The van der Waals surface area contributed by atoms with Gasteiger partial charge < -0.3 is 5.32 Å². The Balaban J connectivity index is 0.000000201. The highest BCUT2D eigenvalue weighted by molar-refractivity contribution is 9.10. The van der Waals surface area contributed by atoms with Gasteiger partial charge in [-0.05, 0) is 52.7 Å². The molecule has 0 bridgehead atoms. The highest BCUT2D eigenvalue weighted by atomic mass is 79.9. The Morgan fingerprint density at radius 1 is 1.23 bits per heavy atom. The molecule has 0 aliphatic carbocycles. The third-order valence-electron chi connectivity index (χ3n) is 3.04. The highest BCUT2D eigenvalue weighted by Gasteiger charge is 2.10. The van der Waals surface area contributed by atoms with E-state index in [4.69, 9.17) is 0 Å². The molecule has 2 aromatic carbocycles. The summed E-state index contributed by atoms with van der Waals surface area (Å²) in [7, 11) is 1.85. The SMILES string of the molecule is CN1CCCNS1=O.Fc1ccccc1.O=CNc1ccc(F)c(Br)c1. The van der Waals surface area contributed by atoms with Gasteiger partial charge in [-0.1, -0.05) is 18.2 Å². The van der Waals surface area contributed by atoms with Crippen molar-refractivity contribution in [3.05, 3.63) is 64.6 Å². The summed E-state index contributed by atoms with van der Waals surface area (Å²) in [4.78, 5) is 9.95. The summed E-state index contributed by atoms with van der Waals surface area (Å²) in [5, 5.41) is 2.40. The van der Waals surface area contributed by atoms with E-state index in [-0.39, 0.29) is 11.6 Å². The summed E-state index contributed by atoms with van der Waals surface area (Å²) >= 11 is 2.08. The predicted octanol–water partition coefficient (Wildman–Crippen LogP) is 3.47. The van der Waals surface area contributed by atoms with Crippen LogP contribution in [-0.2, 0) is 16.0 Å². The second-order valence-corrected chi connectivity index (χ2v) is 7.30. The molecular formula is C17H20BrF2N3O2S. The number of benzene rings is 2. The van der Waals surface area contributed by atoms with E-state index in [1.54, 1.807) is 22.5 Å². The summed E-state index contributed by atoms with van der Waals surface area (Å²) in [6.07, 6.45) is 1.64. The maximum Gasteiger partial charge on any atom is 0.211 e. The van der Waals surface area contributed by atoms with Crippen LogP contribution in [0.1, 0.15) is 6.42 Å². The second kappa shape index (κ2) is 12.6. The van der Waals surface area contributed by atoms with Crippen molar-refractivity contribution in [1.29, 1.82) is 0 Å². The van der Waals surface area contributed by atoms with Crippen LogP contribution in [0.2, 0.25) is 0 Å². The van der Waals surface area contributed by atoms with Gasteiger partial charge in [0.05, 0.1) is 4.47 Å².